The van der Waals surface area contributed by atoms with Crippen molar-refractivity contribution < 1.29 is 19.1 Å². The molecule has 0 saturated heterocycles. The molecule has 0 radical (unpaired) electrons. The van der Waals surface area contributed by atoms with Gasteiger partial charge in [-0.05, 0) is 43.7 Å². The van der Waals surface area contributed by atoms with Gasteiger partial charge < -0.3 is 14.8 Å². The molecule has 1 N–H and O–H groups in total. The summed E-state index contributed by atoms with van der Waals surface area (Å²) < 4.78 is 11.3. The minimum absolute atomic E-state index is 0.0806. The van der Waals surface area contributed by atoms with Crippen LogP contribution in [0.1, 0.15) is 17.5 Å². The van der Waals surface area contributed by atoms with Crippen LogP contribution in [0, 0.1) is 13.8 Å². The van der Waals surface area contributed by atoms with Gasteiger partial charge in [-0.1, -0.05) is 39.7 Å². The normalized spacial score (nSPS) is 10.2. The van der Waals surface area contributed by atoms with Crippen LogP contribution in [0.2, 0.25) is 0 Å². The van der Waals surface area contributed by atoms with Crippen LogP contribution in [0.15, 0.2) is 46.9 Å². The second-order valence-corrected chi connectivity index (χ2v) is 6.44. The minimum Gasteiger partial charge on any atom is -0.493 e. The van der Waals surface area contributed by atoms with Gasteiger partial charge in [0.15, 0.2) is 6.61 Å². The van der Waals surface area contributed by atoms with E-state index in [-0.39, 0.29) is 25.5 Å². The van der Waals surface area contributed by atoms with E-state index in [1.165, 1.54) is 0 Å². The number of hydrogen-bond donors (Lipinski definition) is 1. The average Bonchev–Trinajstić information content (AvgIpc) is 2.58. The monoisotopic (exact) mass is 405 g/mol. The average molecular weight is 406 g/mol. The van der Waals surface area contributed by atoms with E-state index in [1.54, 1.807) is 12.1 Å². The Morgan fingerprint density at radius 2 is 1.80 bits per heavy atom. The van der Waals surface area contributed by atoms with Gasteiger partial charge >= 0.3 is 5.97 Å². The second-order valence-electron chi connectivity index (χ2n) is 5.58. The number of esters is 1. The van der Waals surface area contributed by atoms with Gasteiger partial charge in [0.2, 0.25) is 0 Å². The number of carbonyl (C=O) groups is 2. The summed E-state index contributed by atoms with van der Waals surface area (Å²) in [4.78, 5) is 23.5. The van der Waals surface area contributed by atoms with Gasteiger partial charge in [-0.25, -0.2) is 0 Å². The lowest BCUT2D eigenvalue weighted by Gasteiger charge is -2.09. The molecule has 0 atom stereocenters. The van der Waals surface area contributed by atoms with Gasteiger partial charge in [-0.3, -0.25) is 9.59 Å². The molecular weight excluding hydrogens is 386 g/mol. The Morgan fingerprint density at radius 3 is 2.48 bits per heavy atom. The predicted octanol–water partition coefficient (Wildman–Crippen LogP) is 4.02. The first-order valence-electron chi connectivity index (χ1n) is 7.85. The van der Waals surface area contributed by atoms with Crippen molar-refractivity contribution in [1.29, 1.82) is 0 Å². The lowest BCUT2D eigenvalue weighted by molar-refractivity contribution is -0.147. The molecule has 0 bridgehead atoms. The summed E-state index contributed by atoms with van der Waals surface area (Å²) in [6, 6.07) is 13.0. The summed E-state index contributed by atoms with van der Waals surface area (Å²) in [7, 11) is 0. The van der Waals surface area contributed by atoms with E-state index in [9.17, 15) is 9.59 Å². The predicted molar refractivity (Wildman–Crippen MR) is 99.8 cm³/mol. The third kappa shape index (κ3) is 6.58. The number of halogens is 1. The van der Waals surface area contributed by atoms with Gasteiger partial charge in [0.25, 0.3) is 5.91 Å². The summed E-state index contributed by atoms with van der Waals surface area (Å²) in [5.41, 5.74) is 2.85. The van der Waals surface area contributed by atoms with Crippen molar-refractivity contribution in [2.45, 2.75) is 20.3 Å². The Kier molecular flexibility index (Phi) is 7.01. The zero-order chi connectivity index (χ0) is 18.2. The molecule has 132 valence electrons. The van der Waals surface area contributed by atoms with Crippen LogP contribution in [0.3, 0.4) is 0 Å². The summed E-state index contributed by atoms with van der Waals surface area (Å²) in [5.74, 6) is -0.169. The molecule has 0 aliphatic carbocycles. The molecule has 1 amide bonds. The molecule has 0 heterocycles. The van der Waals surface area contributed by atoms with Crippen molar-refractivity contribution in [3.8, 4) is 5.75 Å². The summed E-state index contributed by atoms with van der Waals surface area (Å²) in [6.45, 7) is 3.82. The lowest BCUT2D eigenvalue weighted by Crippen LogP contribution is -2.21. The molecule has 25 heavy (non-hydrogen) atoms. The first-order valence-corrected chi connectivity index (χ1v) is 8.64. The molecule has 2 rings (SSSR count). The molecule has 0 spiro atoms. The van der Waals surface area contributed by atoms with E-state index in [1.807, 2.05) is 44.2 Å². The van der Waals surface area contributed by atoms with Crippen LogP contribution in [0.4, 0.5) is 5.69 Å². The Morgan fingerprint density at radius 1 is 1.08 bits per heavy atom. The molecule has 0 unspecified atom stereocenters. The van der Waals surface area contributed by atoms with Gasteiger partial charge in [0.1, 0.15) is 5.75 Å². The highest BCUT2D eigenvalue weighted by atomic mass is 79.9. The zero-order valence-electron chi connectivity index (χ0n) is 14.2. The third-order valence-electron chi connectivity index (χ3n) is 3.42. The number of anilines is 1. The molecular formula is C19H20BrNO4. The van der Waals surface area contributed by atoms with Gasteiger partial charge in [-0.15, -0.1) is 0 Å². The minimum atomic E-state index is -0.479. The Labute approximate surface area is 155 Å². The number of carbonyl (C=O) groups excluding carboxylic acids is 2. The maximum atomic E-state index is 11.8. The van der Waals surface area contributed by atoms with Gasteiger partial charge in [0.05, 0.1) is 13.0 Å². The SMILES string of the molecule is Cc1ccc(OCCC(=O)OCC(=O)Nc2ccc(C)c(Br)c2)cc1. The number of aryl methyl sites for hydroxylation is 2. The zero-order valence-corrected chi connectivity index (χ0v) is 15.8. The van der Waals surface area contributed by atoms with E-state index in [0.717, 1.165) is 15.6 Å². The maximum Gasteiger partial charge on any atom is 0.309 e. The van der Waals surface area contributed by atoms with E-state index < -0.39 is 5.97 Å². The number of ether oxygens (including phenoxy) is 2. The highest BCUT2D eigenvalue weighted by Gasteiger charge is 2.09. The largest absolute Gasteiger partial charge is 0.493 e. The molecule has 0 aromatic heterocycles. The second kappa shape index (κ2) is 9.22. The molecule has 0 fully saturated rings. The Hall–Kier alpha value is -2.34. The lowest BCUT2D eigenvalue weighted by atomic mass is 10.2. The quantitative estimate of drug-likeness (QED) is 0.706. The first kappa shape index (κ1) is 19.0. The number of rotatable bonds is 7. The summed E-state index contributed by atoms with van der Waals surface area (Å²) in [6.07, 6.45) is 0.0806. The first-order chi connectivity index (χ1) is 11.9. The Bertz CT molecular complexity index is 744. The van der Waals surface area contributed by atoms with Crippen molar-refractivity contribution in [3.05, 3.63) is 58.1 Å². The fraction of sp³-hybridized carbons (Fsp3) is 0.263. The van der Waals surface area contributed by atoms with E-state index in [2.05, 4.69) is 21.2 Å². The summed E-state index contributed by atoms with van der Waals surface area (Å²) >= 11 is 3.40. The van der Waals surface area contributed by atoms with Crippen molar-refractivity contribution in [2.75, 3.05) is 18.5 Å². The van der Waals surface area contributed by atoms with Gasteiger partial charge in [-0.2, -0.15) is 0 Å². The van der Waals surface area contributed by atoms with Crippen molar-refractivity contribution in [3.63, 3.8) is 0 Å². The van der Waals surface area contributed by atoms with E-state index in [0.29, 0.717) is 11.4 Å². The molecule has 0 saturated carbocycles. The number of nitrogens with one attached hydrogen (secondary N) is 1. The van der Waals surface area contributed by atoms with Crippen LogP contribution in [0.25, 0.3) is 0 Å². The summed E-state index contributed by atoms with van der Waals surface area (Å²) in [5, 5.41) is 2.68. The topological polar surface area (TPSA) is 64.6 Å². The maximum absolute atomic E-state index is 11.8. The molecule has 2 aromatic rings. The molecule has 2 aromatic carbocycles. The van der Waals surface area contributed by atoms with Crippen LogP contribution >= 0.6 is 15.9 Å². The fourth-order valence-corrected chi connectivity index (χ4v) is 2.35. The standard InChI is InChI=1S/C19H20BrNO4/c1-13-3-7-16(8-4-13)24-10-9-19(23)25-12-18(22)21-15-6-5-14(2)17(20)11-15/h3-8,11H,9-10,12H2,1-2H3,(H,21,22). The van der Waals surface area contributed by atoms with E-state index in [4.69, 9.17) is 9.47 Å². The van der Waals surface area contributed by atoms with E-state index >= 15 is 0 Å². The van der Waals surface area contributed by atoms with Gasteiger partial charge in [0, 0.05) is 10.2 Å². The number of hydrogen-bond acceptors (Lipinski definition) is 4. The van der Waals surface area contributed by atoms with Crippen LogP contribution < -0.4 is 10.1 Å². The van der Waals surface area contributed by atoms with Crippen molar-refractivity contribution in [1.82, 2.24) is 0 Å². The fourth-order valence-electron chi connectivity index (χ4n) is 1.97. The van der Waals surface area contributed by atoms with Crippen LogP contribution in [-0.2, 0) is 14.3 Å². The highest BCUT2D eigenvalue weighted by Crippen LogP contribution is 2.20. The van der Waals surface area contributed by atoms with Crippen LogP contribution in [0.5, 0.6) is 5.75 Å². The third-order valence-corrected chi connectivity index (χ3v) is 4.27. The number of benzene rings is 2. The van der Waals surface area contributed by atoms with Crippen molar-refractivity contribution in [2.24, 2.45) is 0 Å². The van der Waals surface area contributed by atoms with Crippen LogP contribution in [-0.4, -0.2) is 25.1 Å². The highest BCUT2D eigenvalue weighted by molar-refractivity contribution is 9.10. The smallest absolute Gasteiger partial charge is 0.309 e. The Balaban J connectivity index is 1.67. The molecule has 6 heteroatoms. The molecule has 5 nitrogen and oxygen atoms in total. The number of amides is 1. The van der Waals surface area contributed by atoms with Crippen molar-refractivity contribution >= 4 is 33.5 Å². The molecule has 0 aliphatic rings. The molecule has 0 aliphatic heterocycles.